The van der Waals surface area contributed by atoms with Crippen molar-refractivity contribution >= 4 is 23.3 Å². The first-order valence-corrected chi connectivity index (χ1v) is 9.22. The van der Waals surface area contributed by atoms with Crippen LogP contribution in [0.2, 0.25) is 0 Å². The lowest BCUT2D eigenvalue weighted by atomic mass is 9.92. The van der Waals surface area contributed by atoms with Crippen molar-refractivity contribution in [3.05, 3.63) is 60.2 Å². The molecule has 2 atom stereocenters. The fourth-order valence-corrected chi connectivity index (χ4v) is 3.72. The molecule has 0 unspecified atom stereocenters. The summed E-state index contributed by atoms with van der Waals surface area (Å²) < 4.78 is 5.25. The highest BCUT2D eigenvalue weighted by molar-refractivity contribution is 5.86. The van der Waals surface area contributed by atoms with Crippen molar-refractivity contribution < 1.29 is 9.84 Å². The Balaban J connectivity index is 0.00000210. The zero-order chi connectivity index (χ0) is 17.9. The van der Waals surface area contributed by atoms with Gasteiger partial charge in [0.1, 0.15) is 5.75 Å². The van der Waals surface area contributed by atoms with Crippen molar-refractivity contribution in [3.63, 3.8) is 0 Å². The lowest BCUT2D eigenvalue weighted by Gasteiger charge is -2.29. The number of aliphatic hydroxyl groups excluding tert-OH is 1. The van der Waals surface area contributed by atoms with Gasteiger partial charge in [-0.05, 0) is 61.3 Å². The largest absolute Gasteiger partial charge is 0.497 e. The number of ether oxygens (including phenoxy) is 1. The summed E-state index contributed by atoms with van der Waals surface area (Å²) in [5, 5.41) is 15.6. The highest BCUT2D eigenvalue weighted by Gasteiger charge is 2.25. The summed E-state index contributed by atoms with van der Waals surface area (Å²) in [6, 6.07) is 18.0. The maximum atomic E-state index is 11.1. The van der Waals surface area contributed by atoms with Gasteiger partial charge in [-0.15, -0.1) is 12.4 Å². The molecule has 0 saturated carbocycles. The third kappa shape index (κ3) is 4.08. The summed E-state index contributed by atoms with van der Waals surface area (Å²) in [6.45, 7) is 0.968. The van der Waals surface area contributed by atoms with Crippen LogP contribution in [-0.4, -0.2) is 29.8 Å². The molecular weight excluding hydrogens is 360 g/mol. The second-order valence-corrected chi connectivity index (χ2v) is 6.84. The minimum absolute atomic E-state index is 0. The summed E-state index contributed by atoms with van der Waals surface area (Å²) in [5.74, 6) is 0.821. The number of aromatic nitrogens is 1. The van der Waals surface area contributed by atoms with E-state index in [9.17, 15) is 5.11 Å². The van der Waals surface area contributed by atoms with Crippen LogP contribution in [0.15, 0.2) is 54.6 Å². The molecule has 2 N–H and O–H groups in total. The number of fused-ring (bicyclic) bond motifs is 1. The molecular formula is C22H25ClN2O2. The first kappa shape index (κ1) is 19.6. The van der Waals surface area contributed by atoms with Gasteiger partial charge in [-0.2, -0.15) is 0 Å². The monoisotopic (exact) mass is 384 g/mol. The molecule has 3 aromatic rings. The van der Waals surface area contributed by atoms with E-state index >= 15 is 0 Å². The molecule has 27 heavy (non-hydrogen) atoms. The minimum Gasteiger partial charge on any atom is -0.497 e. The molecule has 1 aliphatic rings. The Labute approximate surface area is 166 Å². The maximum absolute atomic E-state index is 11.1. The smallest absolute Gasteiger partial charge is 0.118 e. The van der Waals surface area contributed by atoms with Crippen molar-refractivity contribution in [1.29, 1.82) is 0 Å². The van der Waals surface area contributed by atoms with Crippen LogP contribution < -0.4 is 10.1 Å². The van der Waals surface area contributed by atoms with Crippen LogP contribution in [0.4, 0.5) is 0 Å². The zero-order valence-corrected chi connectivity index (χ0v) is 16.2. The first-order valence-electron chi connectivity index (χ1n) is 9.22. The number of nitrogens with one attached hydrogen (secondary N) is 1. The van der Waals surface area contributed by atoms with Crippen LogP contribution in [0, 0.1) is 0 Å². The molecule has 5 heteroatoms. The quantitative estimate of drug-likeness (QED) is 0.695. The van der Waals surface area contributed by atoms with Crippen LogP contribution >= 0.6 is 12.4 Å². The topological polar surface area (TPSA) is 54.4 Å². The number of rotatable bonds is 4. The predicted molar refractivity (Wildman–Crippen MR) is 112 cm³/mol. The summed E-state index contributed by atoms with van der Waals surface area (Å²) >= 11 is 0. The van der Waals surface area contributed by atoms with Gasteiger partial charge in [0.25, 0.3) is 0 Å². The summed E-state index contributed by atoms with van der Waals surface area (Å²) in [4.78, 5) is 4.82. The number of para-hydroxylation sites is 1. The number of benzene rings is 2. The number of hydrogen-bond acceptors (Lipinski definition) is 4. The Bertz CT molecular complexity index is 892. The highest BCUT2D eigenvalue weighted by atomic mass is 35.5. The number of nitrogens with zero attached hydrogens (tertiary/aromatic N) is 1. The van der Waals surface area contributed by atoms with Crippen LogP contribution in [-0.2, 0) is 0 Å². The minimum atomic E-state index is -0.541. The lowest BCUT2D eigenvalue weighted by molar-refractivity contribution is 0.115. The van der Waals surface area contributed by atoms with Gasteiger partial charge >= 0.3 is 0 Å². The number of hydrogen-bond donors (Lipinski definition) is 2. The molecule has 4 rings (SSSR count). The Morgan fingerprint density at radius 2 is 1.89 bits per heavy atom. The van der Waals surface area contributed by atoms with Crippen molar-refractivity contribution in [2.24, 2.45) is 0 Å². The zero-order valence-electron chi connectivity index (χ0n) is 15.4. The summed E-state index contributed by atoms with van der Waals surface area (Å²) in [7, 11) is 1.66. The number of pyridine rings is 1. The van der Waals surface area contributed by atoms with Gasteiger partial charge in [0.05, 0.1) is 24.4 Å². The molecule has 0 bridgehead atoms. The molecule has 0 spiro atoms. The van der Waals surface area contributed by atoms with E-state index in [0.717, 1.165) is 52.9 Å². The second kappa shape index (κ2) is 8.70. The standard InChI is InChI=1S/C22H24N2O2.ClH/c1-26-16-11-9-15(10-12-16)21-14-18(17-6-2-3-7-19(17)24-21)22(25)20-8-4-5-13-23-20;/h2-3,6-7,9-12,14,20,22-23,25H,4-5,8,13H2,1H3;1H/t20-,22+;/m0./s1. The van der Waals surface area contributed by atoms with Gasteiger partial charge in [0.15, 0.2) is 0 Å². The number of piperidine rings is 1. The molecule has 1 fully saturated rings. The van der Waals surface area contributed by atoms with Crippen LogP contribution in [0.1, 0.15) is 30.9 Å². The summed E-state index contributed by atoms with van der Waals surface area (Å²) in [5.41, 5.74) is 3.74. The van der Waals surface area contributed by atoms with E-state index in [4.69, 9.17) is 9.72 Å². The van der Waals surface area contributed by atoms with Crippen LogP contribution in [0.25, 0.3) is 22.2 Å². The van der Waals surface area contributed by atoms with E-state index in [-0.39, 0.29) is 18.4 Å². The van der Waals surface area contributed by atoms with Crippen molar-refractivity contribution in [2.45, 2.75) is 31.4 Å². The van der Waals surface area contributed by atoms with E-state index in [0.29, 0.717) is 0 Å². The van der Waals surface area contributed by atoms with Gasteiger partial charge in [-0.3, -0.25) is 0 Å². The highest BCUT2D eigenvalue weighted by Crippen LogP contribution is 2.32. The molecule has 1 aliphatic heterocycles. The Morgan fingerprint density at radius 1 is 1.11 bits per heavy atom. The van der Waals surface area contributed by atoms with E-state index < -0.39 is 6.10 Å². The molecule has 0 aliphatic carbocycles. The lowest BCUT2D eigenvalue weighted by Crippen LogP contribution is -2.38. The number of methoxy groups -OCH3 is 1. The second-order valence-electron chi connectivity index (χ2n) is 6.84. The fourth-order valence-electron chi connectivity index (χ4n) is 3.72. The van der Waals surface area contributed by atoms with E-state index in [1.165, 1.54) is 6.42 Å². The molecule has 1 aromatic heterocycles. The van der Waals surface area contributed by atoms with Gasteiger partial charge in [-0.25, -0.2) is 4.98 Å². The Hall–Kier alpha value is -2.14. The summed E-state index contributed by atoms with van der Waals surface area (Å²) in [6.07, 6.45) is 2.79. The van der Waals surface area contributed by atoms with Crippen molar-refractivity contribution in [3.8, 4) is 17.0 Å². The molecule has 4 nitrogen and oxygen atoms in total. The fraction of sp³-hybridized carbons (Fsp3) is 0.318. The van der Waals surface area contributed by atoms with Gasteiger partial charge in [-0.1, -0.05) is 24.6 Å². The van der Waals surface area contributed by atoms with Crippen molar-refractivity contribution in [2.75, 3.05) is 13.7 Å². The number of halogens is 1. The number of aliphatic hydroxyl groups is 1. The first-order chi connectivity index (χ1) is 12.8. The van der Waals surface area contributed by atoms with Gasteiger partial charge in [0.2, 0.25) is 0 Å². The average molecular weight is 385 g/mol. The van der Waals surface area contributed by atoms with E-state index in [2.05, 4.69) is 5.32 Å². The third-order valence-electron chi connectivity index (χ3n) is 5.18. The van der Waals surface area contributed by atoms with Crippen molar-refractivity contribution in [1.82, 2.24) is 10.3 Å². The molecule has 2 aromatic carbocycles. The average Bonchev–Trinajstić information content (AvgIpc) is 2.73. The van der Waals surface area contributed by atoms with Crippen LogP contribution in [0.3, 0.4) is 0 Å². The van der Waals surface area contributed by atoms with Crippen LogP contribution in [0.5, 0.6) is 5.75 Å². The molecule has 2 heterocycles. The Morgan fingerprint density at radius 3 is 2.59 bits per heavy atom. The SMILES string of the molecule is COc1ccc(-c2cc([C@@H](O)[C@@H]3CCCCN3)c3ccccc3n2)cc1.Cl. The molecule has 0 amide bonds. The Kier molecular flexibility index (Phi) is 6.32. The van der Waals surface area contributed by atoms with E-state index in [1.807, 2.05) is 54.6 Å². The van der Waals surface area contributed by atoms with Gasteiger partial charge in [0, 0.05) is 17.0 Å². The molecule has 142 valence electrons. The molecule has 1 saturated heterocycles. The maximum Gasteiger partial charge on any atom is 0.118 e. The predicted octanol–water partition coefficient (Wildman–Crippen LogP) is 4.51. The van der Waals surface area contributed by atoms with Gasteiger partial charge < -0.3 is 15.2 Å². The third-order valence-corrected chi connectivity index (χ3v) is 5.18. The van der Waals surface area contributed by atoms with E-state index in [1.54, 1.807) is 7.11 Å². The molecule has 0 radical (unpaired) electrons. The normalized spacial score (nSPS) is 17.9.